The van der Waals surface area contributed by atoms with Crippen molar-refractivity contribution in [2.24, 2.45) is 0 Å². The monoisotopic (exact) mass is 248 g/mol. The van der Waals surface area contributed by atoms with Gasteiger partial charge in [-0.05, 0) is 28.9 Å². The molecule has 12 heavy (non-hydrogen) atoms. The summed E-state index contributed by atoms with van der Waals surface area (Å²) in [6.07, 6.45) is 2.47. The normalized spacial score (nSPS) is 12.5. The molecule has 0 heterocycles. The van der Waals surface area contributed by atoms with Gasteiger partial charge in [-0.2, -0.15) is 0 Å². The van der Waals surface area contributed by atoms with Gasteiger partial charge in [-0.1, -0.05) is 10.8 Å². The van der Waals surface area contributed by atoms with Gasteiger partial charge in [0.05, 0.1) is 0 Å². The van der Waals surface area contributed by atoms with E-state index in [9.17, 15) is 9.59 Å². The predicted octanol–water partition coefficient (Wildman–Crippen LogP) is 2.92. The van der Waals surface area contributed by atoms with Crippen molar-refractivity contribution in [3.63, 3.8) is 0 Å². The highest BCUT2D eigenvalue weighted by Crippen LogP contribution is 2.68. The Bertz CT molecular complexity index is 152. The summed E-state index contributed by atoms with van der Waals surface area (Å²) in [6, 6.07) is 0. The summed E-state index contributed by atoms with van der Waals surface area (Å²) in [5.74, 6) is 1.13. The first-order chi connectivity index (χ1) is 5.62. The fourth-order valence-corrected chi connectivity index (χ4v) is 4.72. The van der Waals surface area contributed by atoms with Crippen LogP contribution in [-0.4, -0.2) is 24.1 Å². The first kappa shape index (κ1) is 12.6. The third kappa shape index (κ3) is 7.28. The Hall–Kier alpha value is 0.620. The van der Waals surface area contributed by atoms with E-state index in [1.54, 1.807) is 0 Å². The molecule has 0 rings (SSSR count). The smallest absolute Gasteiger partial charge is 0.120 e. The standard InChI is InChI=1S/C6H10Cl2O2S2/c7-12(8,6-2-4-10)11-5-1-3-9/h3-4H,1-2,5-6H2. The zero-order valence-corrected chi connectivity index (χ0v) is 9.52. The van der Waals surface area contributed by atoms with E-state index in [1.807, 2.05) is 0 Å². The minimum Gasteiger partial charge on any atom is -0.303 e. The van der Waals surface area contributed by atoms with Crippen LogP contribution in [0.1, 0.15) is 12.8 Å². The number of hydrogen-bond acceptors (Lipinski definition) is 3. The molecule has 0 aromatic carbocycles. The zero-order valence-electron chi connectivity index (χ0n) is 6.37. The van der Waals surface area contributed by atoms with Crippen molar-refractivity contribution in [1.82, 2.24) is 0 Å². The molecule has 0 aromatic rings. The fourth-order valence-electron chi connectivity index (χ4n) is 0.462. The lowest BCUT2D eigenvalue weighted by molar-refractivity contribution is -0.108. The highest BCUT2D eigenvalue weighted by Gasteiger charge is 2.17. The van der Waals surface area contributed by atoms with E-state index >= 15 is 0 Å². The largest absolute Gasteiger partial charge is 0.303 e. The molecule has 72 valence electrons. The summed E-state index contributed by atoms with van der Waals surface area (Å²) in [5.41, 5.74) is 0. The van der Waals surface area contributed by atoms with E-state index in [1.165, 1.54) is 10.8 Å². The quantitative estimate of drug-likeness (QED) is 0.395. The van der Waals surface area contributed by atoms with Crippen LogP contribution in [0.4, 0.5) is 0 Å². The van der Waals surface area contributed by atoms with Crippen LogP contribution in [0, 0.1) is 0 Å². The van der Waals surface area contributed by atoms with Gasteiger partial charge in [-0.3, -0.25) is 0 Å². The molecule has 0 aliphatic heterocycles. The van der Waals surface area contributed by atoms with Gasteiger partial charge in [0.25, 0.3) is 0 Å². The molecule has 0 spiro atoms. The number of halogens is 2. The van der Waals surface area contributed by atoms with Crippen molar-refractivity contribution in [1.29, 1.82) is 0 Å². The van der Waals surface area contributed by atoms with Crippen LogP contribution in [0.5, 0.6) is 0 Å². The molecule has 0 bridgehead atoms. The summed E-state index contributed by atoms with van der Waals surface area (Å²) in [6.45, 7) is 0. The predicted molar refractivity (Wildman–Crippen MR) is 58.0 cm³/mol. The molecule has 0 N–H and O–H groups in total. The van der Waals surface area contributed by atoms with Gasteiger partial charge in [-0.25, -0.2) is 0 Å². The van der Waals surface area contributed by atoms with Crippen LogP contribution in [0.15, 0.2) is 0 Å². The number of hydrogen-bond donors (Lipinski definition) is 0. The minimum atomic E-state index is -1.74. The minimum absolute atomic E-state index is 0.385. The van der Waals surface area contributed by atoms with Crippen LogP contribution in [-0.2, 0) is 9.59 Å². The molecule has 0 unspecified atom stereocenters. The van der Waals surface area contributed by atoms with Crippen molar-refractivity contribution >= 4 is 52.2 Å². The molecule has 0 atom stereocenters. The second-order valence-electron chi connectivity index (χ2n) is 1.96. The number of carbonyl (C=O) groups excluding carboxylic acids is 2. The molecule has 6 heteroatoms. The van der Waals surface area contributed by atoms with Gasteiger partial charge >= 0.3 is 0 Å². The van der Waals surface area contributed by atoms with Gasteiger partial charge < -0.3 is 9.59 Å². The zero-order chi connectivity index (χ0) is 9.45. The van der Waals surface area contributed by atoms with E-state index in [0.29, 0.717) is 24.3 Å². The van der Waals surface area contributed by atoms with Crippen LogP contribution < -0.4 is 0 Å². The first-order valence-corrected chi connectivity index (χ1v) is 8.30. The van der Waals surface area contributed by atoms with E-state index in [2.05, 4.69) is 0 Å². The van der Waals surface area contributed by atoms with Gasteiger partial charge in [0.1, 0.15) is 12.6 Å². The Morgan fingerprint density at radius 3 is 2.25 bits per heavy atom. The molecular formula is C6H10Cl2O2S2. The Balaban J connectivity index is 3.54. The molecule has 0 saturated carbocycles. The molecule has 0 radical (unpaired) electrons. The van der Waals surface area contributed by atoms with Gasteiger partial charge in [0.2, 0.25) is 0 Å². The van der Waals surface area contributed by atoms with E-state index in [0.717, 1.165) is 12.6 Å². The molecule has 0 aliphatic rings. The SMILES string of the molecule is O=CCCSS(Cl)(Cl)CCC=O. The summed E-state index contributed by atoms with van der Waals surface area (Å²) in [7, 11) is 11.4. The van der Waals surface area contributed by atoms with Crippen molar-refractivity contribution in [2.45, 2.75) is 12.8 Å². The Morgan fingerprint density at radius 1 is 1.17 bits per heavy atom. The average molecular weight is 249 g/mol. The molecule has 0 amide bonds. The Labute approximate surface area is 86.1 Å². The molecular weight excluding hydrogens is 239 g/mol. The van der Waals surface area contributed by atoms with Crippen molar-refractivity contribution in [3.8, 4) is 0 Å². The molecule has 2 nitrogen and oxygen atoms in total. The Kier molecular flexibility index (Phi) is 7.43. The van der Waals surface area contributed by atoms with Gasteiger partial charge in [-0.15, -0.1) is 0 Å². The van der Waals surface area contributed by atoms with E-state index in [-0.39, 0.29) is 0 Å². The number of aldehydes is 2. The van der Waals surface area contributed by atoms with E-state index in [4.69, 9.17) is 21.4 Å². The van der Waals surface area contributed by atoms with Crippen molar-refractivity contribution in [2.75, 3.05) is 11.5 Å². The summed E-state index contributed by atoms with van der Waals surface area (Å²) in [4.78, 5) is 20.0. The average Bonchev–Trinajstić information content (AvgIpc) is 2.01. The Morgan fingerprint density at radius 2 is 1.75 bits per heavy atom. The molecule has 0 saturated heterocycles. The topological polar surface area (TPSA) is 34.1 Å². The number of rotatable bonds is 7. The maximum Gasteiger partial charge on any atom is 0.120 e. The highest BCUT2D eigenvalue weighted by molar-refractivity contribution is 9.11. The maximum atomic E-state index is 10.0. The lowest BCUT2D eigenvalue weighted by Crippen LogP contribution is -1.90. The second-order valence-corrected chi connectivity index (χ2v) is 11.2. The third-order valence-corrected chi connectivity index (χ3v) is 6.99. The summed E-state index contributed by atoms with van der Waals surface area (Å²) >= 11 is 0. The molecule has 0 fully saturated rings. The fraction of sp³-hybridized carbons (Fsp3) is 0.667. The number of carbonyl (C=O) groups is 2. The third-order valence-electron chi connectivity index (χ3n) is 0.965. The summed E-state index contributed by atoms with van der Waals surface area (Å²) in [5, 5.41) is 0. The van der Waals surface area contributed by atoms with Gasteiger partial charge in [0.15, 0.2) is 0 Å². The lowest BCUT2D eigenvalue weighted by Gasteiger charge is -2.21. The van der Waals surface area contributed by atoms with Gasteiger partial charge in [0, 0.05) is 24.3 Å². The first-order valence-electron chi connectivity index (χ1n) is 3.34. The van der Waals surface area contributed by atoms with Crippen LogP contribution in [0.25, 0.3) is 0 Å². The second kappa shape index (κ2) is 7.06. The highest BCUT2D eigenvalue weighted by atomic mass is 36.0. The molecule has 0 aliphatic carbocycles. The van der Waals surface area contributed by atoms with E-state index < -0.39 is 7.49 Å². The van der Waals surface area contributed by atoms with Crippen molar-refractivity contribution in [3.05, 3.63) is 0 Å². The molecule has 0 aromatic heterocycles. The van der Waals surface area contributed by atoms with Crippen LogP contribution in [0.3, 0.4) is 0 Å². The van der Waals surface area contributed by atoms with Crippen LogP contribution in [0.2, 0.25) is 0 Å². The maximum absolute atomic E-state index is 10.0. The van der Waals surface area contributed by atoms with Crippen LogP contribution >= 0.6 is 39.6 Å². The summed E-state index contributed by atoms with van der Waals surface area (Å²) < 4.78 is 0. The lowest BCUT2D eigenvalue weighted by atomic mass is 10.6. The van der Waals surface area contributed by atoms with Crippen molar-refractivity contribution < 1.29 is 9.59 Å².